The predicted molar refractivity (Wildman–Crippen MR) is 106 cm³/mol. The molecule has 28 heavy (non-hydrogen) atoms. The van der Waals surface area contributed by atoms with Crippen molar-refractivity contribution in [3.05, 3.63) is 53.9 Å². The third-order valence-corrected chi connectivity index (χ3v) is 6.79. The fourth-order valence-electron chi connectivity index (χ4n) is 5.35. The van der Waals surface area contributed by atoms with E-state index in [1.165, 1.54) is 31.4 Å². The molecule has 4 unspecified atom stereocenters. The van der Waals surface area contributed by atoms with Gasteiger partial charge in [-0.1, -0.05) is 38.1 Å². The van der Waals surface area contributed by atoms with Gasteiger partial charge in [0, 0.05) is 0 Å². The monoisotopic (exact) mass is 388 g/mol. The molecular weight excluding hydrogens is 361 g/mol. The van der Waals surface area contributed by atoms with Gasteiger partial charge >= 0.3 is 0 Å². The van der Waals surface area contributed by atoms with Crippen molar-refractivity contribution >= 4 is 10.8 Å². The largest absolute Gasteiger partial charge is 0.486 e. The van der Waals surface area contributed by atoms with Gasteiger partial charge in [0.15, 0.2) is 11.6 Å². The molecule has 0 saturated heterocycles. The molecule has 0 aliphatic heterocycles. The van der Waals surface area contributed by atoms with Gasteiger partial charge in [-0.05, 0) is 72.8 Å². The highest BCUT2D eigenvalue weighted by Crippen LogP contribution is 2.48. The summed E-state index contributed by atoms with van der Waals surface area (Å²) in [5.41, 5.74) is 0.530. The van der Waals surface area contributed by atoms with Crippen LogP contribution in [-0.4, -0.2) is 6.61 Å². The van der Waals surface area contributed by atoms with Gasteiger partial charge in [0.05, 0.1) is 5.39 Å². The Morgan fingerprint density at radius 2 is 1.75 bits per heavy atom. The number of fused-ring (bicyclic) bond motifs is 2. The molecule has 4 rings (SSSR count). The highest BCUT2D eigenvalue weighted by molar-refractivity contribution is 5.86. The zero-order chi connectivity index (χ0) is 19.8. The Morgan fingerprint density at radius 3 is 2.54 bits per heavy atom. The van der Waals surface area contributed by atoms with Crippen LogP contribution in [0.1, 0.15) is 56.9 Å². The van der Waals surface area contributed by atoms with Gasteiger partial charge in [0.2, 0.25) is 5.82 Å². The first-order valence-corrected chi connectivity index (χ1v) is 10.3. The minimum absolute atomic E-state index is 0.0612. The van der Waals surface area contributed by atoms with Gasteiger partial charge in [0.25, 0.3) is 0 Å². The molecule has 0 bridgehead atoms. The number of ether oxygens (including phenoxy) is 1. The Hall–Kier alpha value is -1.97. The molecule has 2 aromatic rings. The van der Waals surface area contributed by atoms with Crippen molar-refractivity contribution in [3.63, 3.8) is 0 Å². The summed E-state index contributed by atoms with van der Waals surface area (Å²) >= 11 is 0. The van der Waals surface area contributed by atoms with Crippen LogP contribution in [0, 0.1) is 35.2 Å². The van der Waals surface area contributed by atoms with Crippen LogP contribution in [0.2, 0.25) is 0 Å². The molecule has 4 atom stereocenters. The summed E-state index contributed by atoms with van der Waals surface area (Å²) in [4.78, 5) is 0. The topological polar surface area (TPSA) is 9.23 Å². The lowest BCUT2D eigenvalue weighted by Crippen LogP contribution is -2.30. The zero-order valence-electron chi connectivity index (χ0n) is 16.3. The fourth-order valence-corrected chi connectivity index (χ4v) is 5.35. The predicted octanol–water partition coefficient (Wildman–Crippen LogP) is 7.14. The highest BCUT2D eigenvalue weighted by Gasteiger charge is 2.36. The van der Waals surface area contributed by atoms with E-state index in [0.717, 1.165) is 31.1 Å². The number of halogens is 3. The molecule has 0 spiro atoms. The summed E-state index contributed by atoms with van der Waals surface area (Å²) in [6.07, 6.45) is 8.12. The molecule has 4 heteroatoms. The molecule has 2 aliphatic carbocycles. The van der Waals surface area contributed by atoms with E-state index >= 15 is 4.39 Å². The van der Waals surface area contributed by atoms with E-state index in [0.29, 0.717) is 16.9 Å². The second-order valence-corrected chi connectivity index (χ2v) is 8.62. The van der Waals surface area contributed by atoms with Crippen LogP contribution >= 0.6 is 0 Å². The Bertz CT molecular complexity index is 891. The minimum atomic E-state index is -1.17. The van der Waals surface area contributed by atoms with E-state index in [-0.39, 0.29) is 23.7 Å². The third kappa shape index (κ3) is 3.42. The maximum atomic E-state index is 15.3. The van der Waals surface area contributed by atoms with Gasteiger partial charge in [-0.3, -0.25) is 0 Å². The fraction of sp³-hybridized carbons (Fsp3) is 0.500. The van der Waals surface area contributed by atoms with Crippen molar-refractivity contribution in [2.24, 2.45) is 17.8 Å². The Kier molecular flexibility index (Phi) is 5.39. The summed E-state index contributed by atoms with van der Waals surface area (Å²) in [5, 5.41) is 0.0553. The lowest BCUT2D eigenvalue weighted by Gasteiger charge is -2.41. The first kappa shape index (κ1) is 19.4. The average molecular weight is 388 g/mol. The Balaban J connectivity index is 1.66. The van der Waals surface area contributed by atoms with E-state index in [2.05, 4.69) is 13.5 Å². The Morgan fingerprint density at radius 1 is 1.00 bits per heavy atom. The molecule has 0 heterocycles. The normalized spacial score (nSPS) is 27.4. The number of hydrogen-bond acceptors (Lipinski definition) is 1. The summed E-state index contributed by atoms with van der Waals surface area (Å²) < 4.78 is 49.5. The van der Waals surface area contributed by atoms with Gasteiger partial charge < -0.3 is 4.74 Å². The van der Waals surface area contributed by atoms with E-state index in [4.69, 9.17) is 4.74 Å². The summed E-state index contributed by atoms with van der Waals surface area (Å²) in [6, 6.07) is 4.80. The molecular formula is C24H27F3O. The summed E-state index contributed by atoms with van der Waals surface area (Å²) in [6.45, 7) is 5.88. The minimum Gasteiger partial charge on any atom is -0.486 e. The molecule has 0 radical (unpaired) electrons. The van der Waals surface area contributed by atoms with E-state index in [9.17, 15) is 8.78 Å². The standard InChI is InChI=1S/C24H27F3O/c1-3-10-28-20-13-18-8-9-19(22(25)21(18)24(27)23(20)26)17-7-6-15-11-14(2)4-5-16(15)12-17/h3,8-9,13-17H,1,4-7,10-12H2,2H3. The van der Waals surface area contributed by atoms with Crippen LogP contribution in [0.25, 0.3) is 10.8 Å². The lowest BCUT2D eigenvalue weighted by atomic mass is 9.64. The van der Waals surface area contributed by atoms with Crippen LogP contribution in [0.15, 0.2) is 30.9 Å². The molecule has 2 aromatic carbocycles. The van der Waals surface area contributed by atoms with Crippen LogP contribution in [0.5, 0.6) is 5.75 Å². The maximum Gasteiger partial charge on any atom is 0.201 e. The second-order valence-electron chi connectivity index (χ2n) is 8.62. The first-order valence-electron chi connectivity index (χ1n) is 10.3. The molecule has 2 saturated carbocycles. The van der Waals surface area contributed by atoms with E-state index in [1.807, 2.05) is 0 Å². The summed E-state index contributed by atoms with van der Waals surface area (Å²) in [5.74, 6) is -0.913. The van der Waals surface area contributed by atoms with Gasteiger partial charge in [-0.25, -0.2) is 8.78 Å². The van der Waals surface area contributed by atoms with Crippen molar-refractivity contribution in [2.75, 3.05) is 6.61 Å². The van der Waals surface area contributed by atoms with E-state index in [1.54, 1.807) is 12.1 Å². The molecule has 150 valence electrons. The molecule has 2 fully saturated rings. The van der Waals surface area contributed by atoms with Gasteiger partial charge in [-0.2, -0.15) is 4.39 Å². The van der Waals surface area contributed by atoms with Crippen LogP contribution in [0.4, 0.5) is 13.2 Å². The van der Waals surface area contributed by atoms with Crippen molar-refractivity contribution < 1.29 is 17.9 Å². The molecule has 0 N–H and O–H groups in total. The number of hydrogen-bond donors (Lipinski definition) is 0. The summed E-state index contributed by atoms with van der Waals surface area (Å²) in [7, 11) is 0. The highest BCUT2D eigenvalue weighted by atomic mass is 19.2. The Labute approximate surface area is 164 Å². The quantitative estimate of drug-likeness (QED) is 0.506. The third-order valence-electron chi connectivity index (χ3n) is 6.79. The lowest BCUT2D eigenvalue weighted by molar-refractivity contribution is 0.124. The van der Waals surface area contributed by atoms with Crippen molar-refractivity contribution in [3.8, 4) is 5.75 Å². The molecule has 1 nitrogen and oxygen atoms in total. The van der Waals surface area contributed by atoms with Gasteiger partial charge in [-0.15, -0.1) is 0 Å². The first-order chi connectivity index (χ1) is 13.5. The van der Waals surface area contributed by atoms with Crippen LogP contribution in [-0.2, 0) is 0 Å². The SMILES string of the molecule is C=CCOc1cc2ccc(C3CCC4CC(C)CCC4C3)c(F)c2c(F)c1F. The average Bonchev–Trinajstić information content (AvgIpc) is 2.69. The smallest absolute Gasteiger partial charge is 0.201 e. The van der Waals surface area contributed by atoms with Gasteiger partial charge in [0.1, 0.15) is 12.4 Å². The number of rotatable bonds is 4. The van der Waals surface area contributed by atoms with Crippen molar-refractivity contribution in [1.82, 2.24) is 0 Å². The van der Waals surface area contributed by atoms with Crippen LogP contribution < -0.4 is 4.74 Å². The second kappa shape index (κ2) is 7.81. The molecule has 0 aromatic heterocycles. The zero-order valence-corrected chi connectivity index (χ0v) is 16.3. The maximum absolute atomic E-state index is 15.3. The molecule has 0 amide bonds. The van der Waals surface area contributed by atoms with Crippen molar-refractivity contribution in [2.45, 2.75) is 51.4 Å². The van der Waals surface area contributed by atoms with Crippen LogP contribution in [0.3, 0.4) is 0 Å². The van der Waals surface area contributed by atoms with E-state index < -0.39 is 17.5 Å². The molecule has 2 aliphatic rings. The number of benzene rings is 2. The van der Waals surface area contributed by atoms with Crippen molar-refractivity contribution in [1.29, 1.82) is 0 Å².